The zero-order valence-corrected chi connectivity index (χ0v) is 27.8. The molecule has 1 heterocycles. The quantitative estimate of drug-likeness (QED) is 0.0941. The third-order valence-corrected chi connectivity index (χ3v) is 9.65. The number of halogens is 6. The first-order chi connectivity index (χ1) is 23.4. The van der Waals surface area contributed by atoms with E-state index in [0.29, 0.717) is 28.7 Å². The fourth-order valence-corrected chi connectivity index (χ4v) is 8.23. The van der Waals surface area contributed by atoms with Gasteiger partial charge in [-0.05, 0) is 80.2 Å². The van der Waals surface area contributed by atoms with Gasteiger partial charge in [0.05, 0.1) is 13.1 Å². The highest BCUT2D eigenvalue weighted by Gasteiger charge is 2.39. The Morgan fingerprint density at radius 1 is 0.510 bits per heavy atom. The van der Waals surface area contributed by atoms with Gasteiger partial charge in [0, 0.05) is 34.1 Å². The van der Waals surface area contributed by atoms with E-state index >= 15 is 0 Å². The van der Waals surface area contributed by atoms with E-state index in [1.54, 1.807) is 0 Å². The first-order valence-corrected chi connectivity index (χ1v) is 16.6. The van der Waals surface area contributed by atoms with Crippen LogP contribution in [-0.4, -0.2) is 17.6 Å². The summed E-state index contributed by atoms with van der Waals surface area (Å²) in [5.41, 5.74) is 5.01. The molecule has 0 atom stereocenters. The standard InChI is InChI=1S/C42H36F6N/c1-23(2)19-49(20-24(3)4)21-33-31(27-15-35(43)41(47)36(44)16-27)13-25-9-5-7-11-29(25)39(33)40-30-12-8-6-10-26(30)14-32(34(40)22-49)28-17-37(45)42(48)38(46)18-28/h5-18,23-24H,19-22H2,1-4H3/q+1. The Morgan fingerprint density at radius 3 is 1.20 bits per heavy atom. The van der Waals surface area contributed by atoms with Crippen molar-refractivity contribution in [1.82, 2.24) is 0 Å². The molecule has 0 radical (unpaired) electrons. The van der Waals surface area contributed by atoms with Gasteiger partial charge in [-0.3, -0.25) is 0 Å². The van der Waals surface area contributed by atoms with Gasteiger partial charge in [0.2, 0.25) is 0 Å². The molecule has 6 aromatic carbocycles. The third-order valence-electron chi connectivity index (χ3n) is 9.65. The Bertz CT molecular complexity index is 2060. The summed E-state index contributed by atoms with van der Waals surface area (Å²) in [6.07, 6.45) is 0. The van der Waals surface area contributed by atoms with Crippen LogP contribution >= 0.6 is 0 Å². The molecule has 0 spiro atoms. The van der Waals surface area contributed by atoms with Crippen LogP contribution in [0.1, 0.15) is 38.8 Å². The van der Waals surface area contributed by atoms with E-state index in [1.807, 2.05) is 60.7 Å². The number of rotatable bonds is 6. The maximum Gasteiger partial charge on any atom is 0.194 e. The number of benzene rings is 6. The highest BCUT2D eigenvalue weighted by molar-refractivity contribution is 6.12. The number of nitrogens with zero attached hydrogens (tertiary/aromatic N) is 1. The van der Waals surface area contributed by atoms with Gasteiger partial charge in [0.1, 0.15) is 13.1 Å². The highest BCUT2D eigenvalue weighted by atomic mass is 19.2. The molecule has 0 amide bonds. The average molecular weight is 669 g/mol. The zero-order chi connectivity index (χ0) is 34.8. The van der Waals surface area contributed by atoms with E-state index in [-0.39, 0.29) is 23.0 Å². The second kappa shape index (κ2) is 12.4. The summed E-state index contributed by atoms with van der Waals surface area (Å²) in [7, 11) is 0. The normalized spacial score (nSPS) is 14.0. The molecule has 0 saturated carbocycles. The Kier molecular flexibility index (Phi) is 8.30. The molecule has 1 aliphatic rings. The molecular weight excluding hydrogens is 632 g/mol. The minimum Gasteiger partial charge on any atom is -0.316 e. The Morgan fingerprint density at radius 2 is 0.857 bits per heavy atom. The van der Waals surface area contributed by atoms with E-state index in [1.165, 1.54) is 0 Å². The van der Waals surface area contributed by atoms with E-state index in [4.69, 9.17) is 0 Å². The molecule has 0 aromatic heterocycles. The maximum absolute atomic E-state index is 14.9. The smallest absolute Gasteiger partial charge is 0.194 e. The molecule has 7 heteroatoms. The van der Waals surface area contributed by atoms with Crippen LogP contribution in [0.25, 0.3) is 54.9 Å². The molecule has 1 aliphatic heterocycles. The summed E-state index contributed by atoms with van der Waals surface area (Å²) in [4.78, 5) is 0. The van der Waals surface area contributed by atoms with Crippen LogP contribution in [-0.2, 0) is 13.1 Å². The number of hydrogen-bond donors (Lipinski definition) is 0. The predicted octanol–water partition coefficient (Wildman–Crippen LogP) is 12.0. The van der Waals surface area contributed by atoms with Crippen LogP contribution in [0, 0.1) is 46.7 Å². The largest absolute Gasteiger partial charge is 0.316 e. The number of quaternary nitrogens is 1. The molecule has 0 unspecified atom stereocenters. The number of hydrogen-bond acceptors (Lipinski definition) is 0. The van der Waals surface area contributed by atoms with E-state index in [9.17, 15) is 26.3 Å². The van der Waals surface area contributed by atoms with Gasteiger partial charge in [0.25, 0.3) is 0 Å². The van der Waals surface area contributed by atoms with Gasteiger partial charge < -0.3 is 4.48 Å². The van der Waals surface area contributed by atoms with Crippen molar-refractivity contribution >= 4 is 21.5 Å². The molecule has 0 N–H and O–H groups in total. The summed E-state index contributed by atoms with van der Waals surface area (Å²) in [6.45, 7) is 11.0. The van der Waals surface area contributed by atoms with Gasteiger partial charge in [-0.2, -0.15) is 0 Å². The van der Waals surface area contributed by atoms with Gasteiger partial charge in [-0.1, -0.05) is 76.2 Å². The lowest BCUT2D eigenvalue weighted by atomic mass is 9.82. The summed E-state index contributed by atoms with van der Waals surface area (Å²) in [5.74, 6) is -7.68. The lowest BCUT2D eigenvalue weighted by molar-refractivity contribution is -0.958. The molecule has 0 bridgehead atoms. The zero-order valence-electron chi connectivity index (χ0n) is 27.8. The summed E-state index contributed by atoms with van der Waals surface area (Å²) in [5, 5.41) is 3.43. The molecule has 250 valence electrons. The molecule has 0 fully saturated rings. The Balaban J connectivity index is 1.71. The predicted molar refractivity (Wildman–Crippen MR) is 185 cm³/mol. The fourth-order valence-electron chi connectivity index (χ4n) is 8.23. The molecule has 6 aromatic rings. The topological polar surface area (TPSA) is 0 Å². The SMILES string of the molecule is CC(C)C[N+]1(CC(C)C)Cc2c(-c3cc(F)c(F)c(F)c3)cc3ccccc3c2-c2c(c(-c3cc(F)c(F)c(F)c3)cc3ccccc23)C1. The maximum atomic E-state index is 14.9. The monoisotopic (exact) mass is 668 g/mol. The van der Waals surface area contributed by atoms with Crippen molar-refractivity contribution in [3.8, 4) is 33.4 Å². The van der Waals surface area contributed by atoms with Gasteiger partial charge in [-0.25, -0.2) is 26.3 Å². The van der Waals surface area contributed by atoms with Gasteiger partial charge in [-0.15, -0.1) is 0 Å². The molecule has 0 saturated heterocycles. The van der Waals surface area contributed by atoms with Gasteiger partial charge >= 0.3 is 0 Å². The van der Waals surface area contributed by atoms with E-state index in [2.05, 4.69) is 27.7 Å². The van der Waals surface area contributed by atoms with Crippen molar-refractivity contribution in [2.24, 2.45) is 11.8 Å². The molecule has 7 rings (SSSR count). The Labute approximate surface area is 282 Å². The first-order valence-electron chi connectivity index (χ1n) is 16.6. The van der Waals surface area contributed by atoms with E-state index in [0.717, 1.165) is 81.2 Å². The summed E-state index contributed by atoms with van der Waals surface area (Å²) >= 11 is 0. The van der Waals surface area contributed by atoms with Crippen molar-refractivity contribution < 1.29 is 30.8 Å². The fraction of sp³-hybridized carbons (Fsp3) is 0.238. The molecule has 1 nitrogen and oxygen atoms in total. The molecular formula is C42H36F6N+. The number of fused-ring (bicyclic) bond motifs is 7. The second-order valence-electron chi connectivity index (χ2n) is 14.3. The third kappa shape index (κ3) is 5.78. The highest BCUT2D eigenvalue weighted by Crippen LogP contribution is 2.50. The lowest BCUT2D eigenvalue weighted by Crippen LogP contribution is -2.50. The van der Waals surface area contributed by atoms with Crippen molar-refractivity contribution in [3.63, 3.8) is 0 Å². The minimum atomic E-state index is -1.53. The lowest BCUT2D eigenvalue weighted by Gasteiger charge is -2.41. The molecule has 0 aliphatic carbocycles. The molecule has 49 heavy (non-hydrogen) atoms. The van der Waals surface area contributed by atoms with Crippen molar-refractivity contribution in [1.29, 1.82) is 0 Å². The second-order valence-corrected chi connectivity index (χ2v) is 14.3. The summed E-state index contributed by atoms with van der Waals surface area (Å²) in [6, 6.07) is 23.6. The van der Waals surface area contributed by atoms with Crippen LogP contribution in [0.4, 0.5) is 26.3 Å². The van der Waals surface area contributed by atoms with E-state index < -0.39 is 34.9 Å². The van der Waals surface area contributed by atoms with Gasteiger partial charge in [0.15, 0.2) is 34.9 Å². The summed E-state index contributed by atoms with van der Waals surface area (Å²) < 4.78 is 88.9. The Hall–Kier alpha value is -4.62. The van der Waals surface area contributed by atoms with Crippen molar-refractivity contribution in [3.05, 3.63) is 131 Å². The average Bonchev–Trinajstić information content (AvgIpc) is 3.19. The van der Waals surface area contributed by atoms with Crippen LogP contribution in [0.15, 0.2) is 84.9 Å². The van der Waals surface area contributed by atoms with Crippen LogP contribution in [0.3, 0.4) is 0 Å². The van der Waals surface area contributed by atoms with Crippen LogP contribution in [0.5, 0.6) is 0 Å². The minimum absolute atomic E-state index is 0.220. The van der Waals surface area contributed by atoms with Crippen molar-refractivity contribution in [2.75, 3.05) is 13.1 Å². The first kappa shape index (κ1) is 32.9. The van der Waals surface area contributed by atoms with Crippen LogP contribution in [0.2, 0.25) is 0 Å². The van der Waals surface area contributed by atoms with Crippen LogP contribution < -0.4 is 0 Å². The van der Waals surface area contributed by atoms with Crippen molar-refractivity contribution in [2.45, 2.75) is 40.8 Å².